The summed E-state index contributed by atoms with van der Waals surface area (Å²) in [7, 11) is 0. The average Bonchev–Trinajstić information content (AvgIpc) is 2.86. The lowest BCUT2D eigenvalue weighted by Gasteiger charge is -2.31. The van der Waals surface area contributed by atoms with Crippen LogP contribution in [0.15, 0.2) is 78.9 Å². The van der Waals surface area contributed by atoms with Crippen LogP contribution in [0.2, 0.25) is 0 Å². The van der Waals surface area contributed by atoms with Crippen LogP contribution in [0.1, 0.15) is 36.5 Å². The number of ether oxygens (including phenoxy) is 1. The number of benzene rings is 3. The van der Waals surface area contributed by atoms with Gasteiger partial charge in [0.05, 0.1) is 0 Å². The van der Waals surface area contributed by atoms with E-state index in [0.717, 1.165) is 24.0 Å². The van der Waals surface area contributed by atoms with Crippen LogP contribution in [0, 0.1) is 12.7 Å². The van der Waals surface area contributed by atoms with Gasteiger partial charge in [-0.3, -0.25) is 9.59 Å². The van der Waals surface area contributed by atoms with Crippen molar-refractivity contribution in [1.29, 1.82) is 0 Å². The third-order valence-corrected chi connectivity index (χ3v) is 5.75. The third kappa shape index (κ3) is 7.95. The third-order valence-electron chi connectivity index (χ3n) is 5.75. The highest BCUT2D eigenvalue weighted by atomic mass is 19.1. The fourth-order valence-corrected chi connectivity index (χ4v) is 3.80. The Morgan fingerprint density at radius 2 is 1.74 bits per heavy atom. The number of aryl methyl sites for hydroxylation is 1. The van der Waals surface area contributed by atoms with Gasteiger partial charge < -0.3 is 15.0 Å². The molecule has 0 unspecified atom stereocenters. The molecule has 3 rings (SSSR count). The maximum atomic E-state index is 14.6. The summed E-state index contributed by atoms with van der Waals surface area (Å²) in [6, 6.07) is 22.4. The van der Waals surface area contributed by atoms with Gasteiger partial charge in [0.15, 0.2) is 6.61 Å². The van der Waals surface area contributed by atoms with Gasteiger partial charge in [0.2, 0.25) is 5.91 Å². The smallest absolute Gasteiger partial charge is 0.261 e. The molecular weight excluding hydrogens is 443 g/mol. The van der Waals surface area contributed by atoms with Crippen molar-refractivity contribution in [3.05, 3.63) is 101 Å². The zero-order valence-corrected chi connectivity index (χ0v) is 20.4. The second-order valence-corrected chi connectivity index (χ2v) is 8.57. The van der Waals surface area contributed by atoms with E-state index < -0.39 is 11.9 Å². The zero-order valence-electron chi connectivity index (χ0n) is 20.4. The van der Waals surface area contributed by atoms with Crippen molar-refractivity contribution in [3.8, 4) is 5.75 Å². The first-order valence-corrected chi connectivity index (χ1v) is 12.0. The van der Waals surface area contributed by atoms with Crippen LogP contribution in [-0.4, -0.2) is 35.9 Å². The lowest BCUT2D eigenvalue weighted by atomic mass is 10.0. The number of hydrogen-bond acceptors (Lipinski definition) is 3. The molecule has 184 valence electrons. The zero-order chi connectivity index (χ0) is 25.0. The number of carbonyl (C=O) groups excluding carboxylic acids is 2. The first kappa shape index (κ1) is 25.9. The quantitative estimate of drug-likeness (QED) is 0.372. The average molecular weight is 477 g/mol. The highest BCUT2D eigenvalue weighted by Crippen LogP contribution is 2.18. The van der Waals surface area contributed by atoms with Gasteiger partial charge in [-0.1, -0.05) is 74.0 Å². The molecule has 6 heteroatoms. The van der Waals surface area contributed by atoms with Gasteiger partial charge in [-0.25, -0.2) is 4.39 Å². The molecule has 0 saturated carbocycles. The predicted molar refractivity (Wildman–Crippen MR) is 135 cm³/mol. The normalized spacial score (nSPS) is 11.5. The molecule has 35 heavy (non-hydrogen) atoms. The summed E-state index contributed by atoms with van der Waals surface area (Å²) in [4.78, 5) is 28.2. The van der Waals surface area contributed by atoms with Crippen molar-refractivity contribution in [2.45, 2.75) is 45.7 Å². The first-order chi connectivity index (χ1) is 17.0. The molecule has 0 aromatic heterocycles. The van der Waals surface area contributed by atoms with Gasteiger partial charge in [-0.2, -0.15) is 0 Å². The molecule has 1 N–H and O–H groups in total. The fourth-order valence-electron chi connectivity index (χ4n) is 3.80. The molecule has 0 fully saturated rings. The Morgan fingerprint density at radius 1 is 1.00 bits per heavy atom. The highest BCUT2D eigenvalue weighted by Gasteiger charge is 2.31. The Labute approximate surface area is 206 Å². The van der Waals surface area contributed by atoms with Gasteiger partial charge in [-0.05, 0) is 42.7 Å². The number of nitrogens with zero attached hydrogens (tertiary/aromatic N) is 1. The Morgan fingerprint density at radius 3 is 2.46 bits per heavy atom. The van der Waals surface area contributed by atoms with Crippen LogP contribution >= 0.6 is 0 Å². The van der Waals surface area contributed by atoms with E-state index >= 15 is 0 Å². The maximum Gasteiger partial charge on any atom is 0.261 e. The number of unbranched alkanes of at least 4 members (excludes halogenated alkanes) is 1. The molecule has 0 aliphatic rings. The van der Waals surface area contributed by atoms with Crippen molar-refractivity contribution in [2.75, 3.05) is 13.2 Å². The van der Waals surface area contributed by atoms with Crippen molar-refractivity contribution >= 4 is 11.8 Å². The number of hydrogen-bond donors (Lipinski definition) is 1. The summed E-state index contributed by atoms with van der Waals surface area (Å²) < 4.78 is 20.3. The molecule has 3 aromatic carbocycles. The molecular formula is C29H33FN2O3. The van der Waals surface area contributed by atoms with Crippen LogP contribution in [0.5, 0.6) is 5.75 Å². The number of amides is 2. The van der Waals surface area contributed by atoms with Crippen LogP contribution in [-0.2, 0) is 22.6 Å². The second-order valence-electron chi connectivity index (χ2n) is 8.57. The lowest BCUT2D eigenvalue weighted by Crippen LogP contribution is -2.52. The largest absolute Gasteiger partial charge is 0.484 e. The van der Waals surface area contributed by atoms with E-state index in [1.807, 2.05) is 62.4 Å². The molecule has 1 atom stereocenters. The van der Waals surface area contributed by atoms with Crippen molar-refractivity contribution < 1.29 is 18.7 Å². The molecule has 0 saturated heterocycles. The summed E-state index contributed by atoms with van der Waals surface area (Å²) in [5, 5.41) is 2.95. The Hall–Kier alpha value is -3.67. The summed E-state index contributed by atoms with van der Waals surface area (Å²) in [6.07, 6.45) is 2.08. The Balaban J connectivity index is 1.89. The van der Waals surface area contributed by atoms with E-state index in [4.69, 9.17) is 4.74 Å². The van der Waals surface area contributed by atoms with Gasteiger partial charge in [-0.15, -0.1) is 0 Å². The Bertz CT molecular complexity index is 1100. The van der Waals surface area contributed by atoms with E-state index in [0.29, 0.717) is 24.3 Å². The van der Waals surface area contributed by atoms with Gasteiger partial charge in [0, 0.05) is 25.1 Å². The number of rotatable bonds is 12. The minimum absolute atomic E-state index is 0.0403. The molecule has 2 amide bonds. The maximum absolute atomic E-state index is 14.6. The molecule has 5 nitrogen and oxygen atoms in total. The van der Waals surface area contributed by atoms with Crippen LogP contribution < -0.4 is 10.1 Å². The van der Waals surface area contributed by atoms with Crippen molar-refractivity contribution in [1.82, 2.24) is 10.2 Å². The molecule has 0 aliphatic heterocycles. The van der Waals surface area contributed by atoms with Crippen molar-refractivity contribution in [3.63, 3.8) is 0 Å². The summed E-state index contributed by atoms with van der Waals surface area (Å²) in [5.74, 6) is -0.505. The molecule has 0 aliphatic carbocycles. The van der Waals surface area contributed by atoms with E-state index in [9.17, 15) is 14.0 Å². The minimum atomic E-state index is -0.817. The molecule has 0 radical (unpaired) electrons. The van der Waals surface area contributed by atoms with Crippen LogP contribution in [0.25, 0.3) is 0 Å². The molecule has 0 bridgehead atoms. The van der Waals surface area contributed by atoms with Gasteiger partial charge >= 0.3 is 0 Å². The van der Waals surface area contributed by atoms with E-state index in [1.54, 1.807) is 24.3 Å². The monoisotopic (exact) mass is 476 g/mol. The SMILES string of the molecule is CCCCNC(=O)[C@H](Cc1ccccc1)N(Cc1ccccc1F)C(=O)COc1cccc(C)c1. The Kier molecular flexibility index (Phi) is 9.84. The molecule has 0 heterocycles. The fraction of sp³-hybridized carbons (Fsp3) is 0.310. The molecule has 3 aromatic rings. The minimum Gasteiger partial charge on any atom is -0.484 e. The standard InChI is InChI=1S/C29H33FN2O3/c1-3-4-17-31-29(34)27(19-23-12-6-5-7-13-23)32(20-24-14-8-9-16-26(24)30)28(33)21-35-25-15-10-11-22(2)18-25/h5-16,18,27H,3-4,17,19-21H2,1-2H3,(H,31,34)/t27-/m0/s1. The lowest BCUT2D eigenvalue weighted by molar-refractivity contribution is -0.142. The molecule has 0 spiro atoms. The second kappa shape index (κ2) is 13.3. The highest BCUT2D eigenvalue weighted by molar-refractivity contribution is 5.88. The number of carbonyl (C=O) groups is 2. The topological polar surface area (TPSA) is 58.6 Å². The summed E-state index contributed by atoms with van der Waals surface area (Å²) >= 11 is 0. The number of nitrogens with one attached hydrogen (secondary N) is 1. The van der Waals surface area contributed by atoms with E-state index in [2.05, 4.69) is 5.32 Å². The van der Waals surface area contributed by atoms with E-state index in [1.165, 1.54) is 11.0 Å². The van der Waals surface area contributed by atoms with Crippen LogP contribution in [0.4, 0.5) is 4.39 Å². The van der Waals surface area contributed by atoms with Crippen molar-refractivity contribution in [2.24, 2.45) is 0 Å². The predicted octanol–water partition coefficient (Wildman–Crippen LogP) is 5.07. The summed E-state index contributed by atoms with van der Waals surface area (Å²) in [5.41, 5.74) is 2.26. The summed E-state index contributed by atoms with van der Waals surface area (Å²) in [6.45, 7) is 4.20. The van der Waals surface area contributed by atoms with Gasteiger partial charge in [0.25, 0.3) is 5.91 Å². The number of halogens is 1. The first-order valence-electron chi connectivity index (χ1n) is 12.0. The van der Waals surface area contributed by atoms with Gasteiger partial charge in [0.1, 0.15) is 17.6 Å². The van der Waals surface area contributed by atoms with E-state index in [-0.39, 0.29) is 25.0 Å². The van der Waals surface area contributed by atoms with Crippen LogP contribution in [0.3, 0.4) is 0 Å².